The van der Waals surface area contributed by atoms with E-state index in [0.29, 0.717) is 43.2 Å². The van der Waals surface area contributed by atoms with E-state index in [0.717, 1.165) is 30.4 Å². The minimum atomic E-state index is -3.61. The van der Waals surface area contributed by atoms with E-state index < -0.39 is 10.2 Å². The van der Waals surface area contributed by atoms with Gasteiger partial charge in [0.25, 0.3) is 5.91 Å². The number of amides is 1. The minimum absolute atomic E-state index is 0.0418. The molecular weight excluding hydrogens is 466 g/mol. The van der Waals surface area contributed by atoms with Gasteiger partial charge in [-0.2, -0.15) is 12.7 Å². The van der Waals surface area contributed by atoms with Crippen LogP contribution < -0.4 is 9.46 Å². The Labute approximate surface area is 207 Å². The molecule has 1 N–H and O–H groups in total. The molecule has 9 heteroatoms. The van der Waals surface area contributed by atoms with E-state index in [-0.39, 0.29) is 23.5 Å². The van der Waals surface area contributed by atoms with Gasteiger partial charge >= 0.3 is 10.2 Å². The third-order valence-corrected chi connectivity index (χ3v) is 8.98. The second-order valence-electron chi connectivity index (χ2n) is 10.2. The normalized spacial score (nSPS) is 23.6. The van der Waals surface area contributed by atoms with Gasteiger partial charge in [0.1, 0.15) is 18.0 Å². The van der Waals surface area contributed by atoms with Crippen molar-refractivity contribution >= 4 is 21.8 Å². The van der Waals surface area contributed by atoms with Crippen molar-refractivity contribution in [3.8, 4) is 5.75 Å². The van der Waals surface area contributed by atoms with Crippen molar-refractivity contribution in [1.82, 2.24) is 9.21 Å². The lowest BCUT2D eigenvalue weighted by Crippen LogP contribution is -2.34. The van der Waals surface area contributed by atoms with Crippen molar-refractivity contribution in [2.45, 2.75) is 45.3 Å². The summed E-state index contributed by atoms with van der Waals surface area (Å²) < 4.78 is 41.9. The molecule has 5 rings (SSSR count). The standard InChI is InChI=1S/C26H33N3O5S/c1-18-7-8-19(2)22(13-18)25(30)28-15-23(33-3)24(16-28)34-21-6-4-5-20(14-21)27-35(31,32)29-12-11-26(17-29)9-10-26/h4-8,13-14,23-24,27H,9-12,15-17H2,1-3H3/t23-,24-/m1/s1. The number of anilines is 1. The molecule has 0 bridgehead atoms. The number of ether oxygens (including phenoxy) is 2. The Hall–Kier alpha value is -2.62. The van der Waals surface area contributed by atoms with Crippen LogP contribution in [-0.4, -0.2) is 69.0 Å². The van der Waals surface area contributed by atoms with Gasteiger partial charge in [-0.25, -0.2) is 0 Å². The molecule has 2 aromatic rings. The summed E-state index contributed by atoms with van der Waals surface area (Å²) in [7, 11) is -2.00. The zero-order chi connectivity index (χ0) is 24.8. The summed E-state index contributed by atoms with van der Waals surface area (Å²) in [5, 5.41) is 0. The summed E-state index contributed by atoms with van der Waals surface area (Å²) in [6.45, 7) is 5.88. The second kappa shape index (κ2) is 9.11. The predicted molar refractivity (Wildman–Crippen MR) is 134 cm³/mol. The number of hydrogen-bond acceptors (Lipinski definition) is 5. The Morgan fingerprint density at radius 2 is 1.83 bits per heavy atom. The Morgan fingerprint density at radius 1 is 1.06 bits per heavy atom. The van der Waals surface area contributed by atoms with E-state index in [1.165, 1.54) is 0 Å². The van der Waals surface area contributed by atoms with Gasteiger partial charge in [-0.15, -0.1) is 0 Å². The first-order chi connectivity index (χ1) is 16.7. The van der Waals surface area contributed by atoms with Crippen LogP contribution in [0.5, 0.6) is 5.75 Å². The number of likely N-dealkylation sites (tertiary alicyclic amines) is 1. The molecule has 1 aliphatic carbocycles. The van der Waals surface area contributed by atoms with E-state index in [1.807, 2.05) is 32.0 Å². The lowest BCUT2D eigenvalue weighted by atomic mass is 10.0. The number of methoxy groups -OCH3 is 1. The van der Waals surface area contributed by atoms with E-state index in [9.17, 15) is 13.2 Å². The average molecular weight is 500 g/mol. The third kappa shape index (κ3) is 5.03. The summed E-state index contributed by atoms with van der Waals surface area (Å²) in [5.41, 5.74) is 3.33. The highest BCUT2D eigenvalue weighted by Gasteiger charge is 2.50. The van der Waals surface area contributed by atoms with Crippen LogP contribution in [0.15, 0.2) is 42.5 Å². The topological polar surface area (TPSA) is 88.2 Å². The number of hydrogen-bond donors (Lipinski definition) is 1. The molecule has 1 amide bonds. The monoisotopic (exact) mass is 499 g/mol. The molecule has 8 nitrogen and oxygen atoms in total. The molecule has 188 valence electrons. The molecule has 3 aliphatic rings. The first kappa shape index (κ1) is 24.1. The molecule has 0 unspecified atom stereocenters. The van der Waals surface area contributed by atoms with Crippen molar-refractivity contribution in [2.24, 2.45) is 5.41 Å². The van der Waals surface area contributed by atoms with E-state index in [1.54, 1.807) is 40.6 Å². The maximum absolute atomic E-state index is 13.2. The van der Waals surface area contributed by atoms with Crippen LogP contribution in [0.3, 0.4) is 0 Å². The minimum Gasteiger partial charge on any atom is -0.486 e. The molecule has 2 aromatic carbocycles. The van der Waals surface area contributed by atoms with Gasteiger partial charge in [-0.3, -0.25) is 9.52 Å². The molecular formula is C26H33N3O5S. The van der Waals surface area contributed by atoms with Crippen molar-refractivity contribution in [3.05, 3.63) is 59.2 Å². The van der Waals surface area contributed by atoms with Crippen molar-refractivity contribution in [2.75, 3.05) is 38.0 Å². The molecule has 35 heavy (non-hydrogen) atoms. The number of benzene rings is 2. The fraction of sp³-hybridized carbons (Fsp3) is 0.500. The second-order valence-corrected chi connectivity index (χ2v) is 11.8. The van der Waals surface area contributed by atoms with Gasteiger partial charge in [0.05, 0.1) is 18.8 Å². The Balaban J connectivity index is 1.26. The number of rotatable bonds is 7. The van der Waals surface area contributed by atoms with E-state index in [2.05, 4.69) is 4.72 Å². The van der Waals surface area contributed by atoms with E-state index in [4.69, 9.17) is 9.47 Å². The highest BCUT2D eigenvalue weighted by molar-refractivity contribution is 7.90. The molecule has 2 saturated heterocycles. The summed E-state index contributed by atoms with van der Waals surface area (Å²) in [4.78, 5) is 15.0. The van der Waals surface area contributed by atoms with Gasteiger partial charge in [0.15, 0.2) is 0 Å². The largest absolute Gasteiger partial charge is 0.486 e. The van der Waals surface area contributed by atoms with Crippen LogP contribution in [0.25, 0.3) is 0 Å². The fourth-order valence-corrected chi connectivity index (χ4v) is 6.42. The molecule has 2 atom stereocenters. The third-order valence-electron chi connectivity index (χ3n) is 7.50. The van der Waals surface area contributed by atoms with E-state index >= 15 is 0 Å². The summed E-state index contributed by atoms with van der Waals surface area (Å²) in [6, 6.07) is 12.8. The number of carbonyl (C=O) groups excluding carboxylic acids is 1. The summed E-state index contributed by atoms with van der Waals surface area (Å²) in [6.07, 6.45) is 2.52. The van der Waals surface area contributed by atoms with Crippen LogP contribution in [0.2, 0.25) is 0 Å². The van der Waals surface area contributed by atoms with Crippen LogP contribution in [0.4, 0.5) is 5.69 Å². The molecule has 1 saturated carbocycles. The lowest BCUT2D eigenvalue weighted by molar-refractivity contribution is 0.0340. The van der Waals surface area contributed by atoms with Crippen molar-refractivity contribution < 1.29 is 22.7 Å². The van der Waals surface area contributed by atoms with Crippen LogP contribution in [0.1, 0.15) is 40.7 Å². The average Bonchev–Trinajstić information content (AvgIpc) is 3.24. The molecule has 0 aromatic heterocycles. The number of nitrogens with one attached hydrogen (secondary N) is 1. The number of aryl methyl sites for hydroxylation is 2. The summed E-state index contributed by atoms with van der Waals surface area (Å²) >= 11 is 0. The first-order valence-electron chi connectivity index (χ1n) is 12.1. The highest BCUT2D eigenvalue weighted by atomic mass is 32.2. The molecule has 2 aliphatic heterocycles. The molecule has 0 radical (unpaired) electrons. The number of nitrogens with zero attached hydrogens (tertiary/aromatic N) is 2. The van der Waals surface area contributed by atoms with Crippen molar-refractivity contribution in [1.29, 1.82) is 0 Å². The Bertz CT molecular complexity index is 1230. The quantitative estimate of drug-likeness (QED) is 0.631. The highest BCUT2D eigenvalue weighted by Crippen LogP contribution is 2.53. The predicted octanol–water partition coefficient (Wildman–Crippen LogP) is 3.36. The Morgan fingerprint density at radius 3 is 2.54 bits per heavy atom. The van der Waals surface area contributed by atoms with Gasteiger partial charge < -0.3 is 14.4 Å². The molecule has 3 fully saturated rings. The Kier molecular flexibility index (Phi) is 6.27. The van der Waals surface area contributed by atoms with Crippen LogP contribution in [0, 0.1) is 19.3 Å². The summed E-state index contributed by atoms with van der Waals surface area (Å²) in [5.74, 6) is 0.485. The zero-order valence-electron chi connectivity index (χ0n) is 20.5. The van der Waals surface area contributed by atoms with Crippen LogP contribution >= 0.6 is 0 Å². The maximum atomic E-state index is 13.2. The smallest absolute Gasteiger partial charge is 0.301 e. The van der Waals surface area contributed by atoms with Gasteiger partial charge in [-0.1, -0.05) is 23.8 Å². The van der Waals surface area contributed by atoms with Gasteiger partial charge in [0.2, 0.25) is 0 Å². The zero-order valence-corrected chi connectivity index (χ0v) is 21.3. The SMILES string of the molecule is CO[C@@H]1CN(C(=O)c2cc(C)ccc2C)C[C@H]1Oc1cccc(NS(=O)(=O)N2CCC3(CC3)C2)c1. The fourth-order valence-electron chi connectivity index (χ4n) is 5.09. The van der Waals surface area contributed by atoms with Crippen molar-refractivity contribution in [3.63, 3.8) is 0 Å². The number of carbonyl (C=O) groups is 1. The van der Waals surface area contributed by atoms with Crippen LogP contribution in [-0.2, 0) is 14.9 Å². The lowest BCUT2D eigenvalue weighted by Gasteiger charge is -2.20. The van der Waals surface area contributed by atoms with Gasteiger partial charge in [-0.05, 0) is 62.3 Å². The molecule has 2 heterocycles. The maximum Gasteiger partial charge on any atom is 0.301 e. The molecule has 1 spiro atoms. The van der Waals surface area contributed by atoms with Gasteiger partial charge in [0, 0.05) is 31.8 Å². The first-order valence-corrected chi connectivity index (χ1v) is 13.6.